The molecule has 0 saturated carbocycles. The Bertz CT molecular complexity index is 875. The van der Waals surface area contributed by atoms with Crippen LogP contribution in [0.1, 0.15) is 73.6 Å². The molecule has 0 aliphatic rings. The Labute approximate surface area is 230 Å². The number of nitrogens with one attached hydrogen (secondary N) is 3. The molecular weight excluding hydrogens is 558 g/mol. The predicted molar refractivity (Wildman–Crippen MR) is 161 cm³/mol. The van der Waals surface area contributed by atoms with Gasteiger partial charge in [0.25, 0.3) is 0 Å². The number of nitrogens with zero attached hydrogens (tertiary/aromatic N) is 1. The molecule has 10 nitrogen and oxygen atoms in total. The van der Waals surface area contributed by atoms with Crippen LogP contribution in [-0.4, -0.2) is 45.5 Å². The zero-order valence-electron chi connectivity index (χ0n) is 22.1. The van der Waals surface area contributed by atoms with E-state index in [2.05, 4.69) is 48.7 Å². The third-order valence-electron chi connectivity index (χ3n) is 5.90. The van der Waals surface area contributed by atoms with Gasteiger partial charge in [-0.2, -0.15) is 22.6 Å². The van der Waals surface area contributed by atoms with Crippen LogP contribution in [0.2, 0.25) is 0 Å². The molecule has 5 unspecified atom stereocenters. The molecule has 1 amide bonds. The first-order chi connectivity index (χ1) is 16.5. The minimum atomic E-state index is -1.18. The maximum atomic E-state index is 13.5. The quantitative estimate of drug-likeness (QED) is 0.0351. The predicted octanol–water partition coefficient (Wildman–Crippen LogP) is 1.98. The summed E-state index contributed by atoms with van der Waals surface area (Å²) in [5.41, 5.74) is 2.86. The van der Waals surface area contributed by atoms with Crippen molar-refractivity contribution in [3.8, 4) is 0 Å². The summed E-state index contributed by atoms with van der Waals surface area (Å²) >= 11 is 4.15. The second-order valence-electron chi connectivity index (χ2n) is 10.1. The molecule has 0 radical (unpaired) electrons. The van der Waals surface area contributed by atoms with Gasteiger partial charge in [-0.25, -0.2) is 4.83 Å². The van der Waals surface area contributed by atoms with Gasteiger partial charge in [0.15, 0.2) is 0 Å². The van der Waals surface area contributed by atoms with Crippen molar-refractivity contribution in [2.45, 2.75) is 79.8 Å². The van der Waals surface area contributed by atoms with E-state index in [0.29, 0.717) is 24.4 Å². The molecule has 0 aliphatic carbocycles. The SMILES string of the molecule is CCC(C)(CC(C)(CC(C)(C)C(=O)S(=P)N/N=C(\N)CCCS)C(=O)S(=P)NN)C(=O)NCC(C)O. The number of thiol groups is 1. The van der Waals surface area contributed by atoms with E-state index in [0.717, 1.165) is 6.42 Å². The van der Waals surface area contributed by atoms with Crippen LogP contribution in [-0.2, 0) is 34.9 Å². The fourth-order valence-electron chi connectivity index (χ4n) is 3.97. The Morgan fingerprint density at radius 1 is 1.08 bits per heavy atom. The van der Waals surface area contributed by atoms with Gasteiger partial charge in [-0.1, -0.05) is 50.6 Å². The number of hydrazone groups is 1. The van der Waals surface area contributed by atoms with Crippen molar-refractivity contribution in [3.63, 3.8) is 0 Å². The lowest BCUT2D eigenvalue weighted by atomic mass is 9.65. The summed E-state index contributed by atoms with van der Waals surface area (Å²) in [6.45, 7) is 10.6. The maximum Gasteiger partial charge on any atom is 0.226 e. The van der Waals surface area contributed by atoms with Gasteiger partial charge in [-0.15, -0.1) is 0 Å². The second-order valence-corrected chi connectivity index (χ2v) is 15.4. The maximum absolute atomic E-state index is 13.5. The summed E-state index contributed by atoms with van der Waals surface area (Å²) in [7, 11) is 4.45. The smallest absolute Gasteiger partial charge is 0.226 e. The summed E-state index contributed by atoms with van der Waals surface area (Å²) in [4.78, 5) is 45.2. The van der Waals surface area contributed by atoms with Crippen LogP contribution in [0, 0.1) is 16.2 Å². The molecule has 0 spiro atoms. The number of hydrogen-bond acceptors (Lipinski definition) is 7. The highest BCUT2D eigenvalue weighted by Gasteiger charge is 2.48. The van der Waals surface area contributed by atoms with Crippen molar-refractivity contribution in [1.29, 1.82) is 0 Å². The van der Waals surface area contributed by atoms with E-state index < -0.39 is 42.9 Å². The number of hydrazine groups is 1. The van der Waals surface area contributed by atoms with Crippen molar-refractivity contribution >= 4 is 71.2 Å². The average Bonchev–Trinajstić information content (AvgIpc) is 2.82. The van der Waals surface area contributed by atoms with Gasteiger partial charge in [-0.3, -0.25) is 20.2 Å². The normalized spacial score (nSPS) is 18.3. The van der Waals surface area contributed by atoms with E-state index in [1.807, 2.05) is 6.92 Å². The fraction of sp³-hybridized carbons (Fsp3) is 0.810. The van der Waals surface area contributed by atoms with Gasteiger partial charge in [0.05, 0.1) is 6.10 Å². The molecule has 210 valence electrons. The van der Waals surface area contributed by atoms with Gasteiger partial charge in [0, 0.05) is 39.5 Å². The van der Waals surface area contributed by atoms with Crippen LogP contribution in [0.3, 0.4) is 0 Å². The molecule has 0 saturated heterocycles. The monoisotopic (exact) mass is 602 g/mol. The topological polar surface area (TPSA) is 172 Å². The summed E-state index contributed by atoms with van der Waals surface area (Å²) < 4.78 is 0. The van der Waals surface area contributed by atoms with Gasteiger partial charge >= 0.3 is 0 Å². The van der Waals surface area contributed by atoms with E-state index in [1.165, 1.54) is 0 Å². The lowest BCUT2D eigenvalue weighted by molar-refractivity contribution is -0.135. The summed E-state index contributed by atoms with van der Waals surface area (Å²) in [6, 6.07) is 0. The number of carbonyl (C=O) groups excluding carboxylic acids is 3. The largest absolute Gasteiger partial charge is 0.392 e. The van der Waals surface area contributed by atoms with Crippen molar-refractivity contribution in [2.24, 2.45) is 32.9 Å². The molecule has 0 heterocycles. The van der Waals surface area contributed by atoms with Crippen molar-refractivity contribution in [3.05, 3.63) is 0 Å². The van der Waals surface area contributed by atoms with E-state index in [1.54, 1.807) is 34.6 Å². The molecule has 8 N–H and O–H groups in total. The summed E-state index contributed by atoms with van der Waals surface area (Å²) in [5, 5.41) is 16.0. The fourth-order valence-corrected chi connectivity index (χ4v) is 7.50. The Balaban J connectivity index is 6.03. The number of carbonyl (C=O) groups is 3. The Morgan fingerprint density at radius 2 is 1.67 bits per heavy atom. The highest BCUT2D eigenvalue weighted by Crippen LogP contribution is 2.46. The molecule has 0 aromatic carbocycles. The Morgan fingerprint density at radius 3 is 2.14 bits per heavy atom. The van der Waals surface area contributed by atoms with E-state index in [4.69, 9.17) is 11.6 Å². The van der Waals surface area contributed by atoms with Crippen LogP contribution in [0.25, 0.3) is 0 Å². The molecule has 0 fully saturated rings. The summed E-state index contributed by atoms with van der Waals surface area (Å²) in [5.74, 6) is 6.33. The van der Waals surface area contributed by atoms with Gasteiger partial charge in [0.2, 0.25) is 16.1 Å². The third kappa shape index (κ3) is 11.2. The van der Waals surface area contributed by atoms with Gasteiger partial charge in [0.1, 0.15) is 5.84 Å². The minimum absolute atomic E-state index is 0.103. The van der Waals surface area contributed by atoms with E-state index >= 15 is 0 Å². The van der Waals surface area contributed by atoms with E-state index in [9.17, 15) is 19.5 Å². The van der Waals surface area contributed by atoms with Crippen molar-refractivity contribution in [2.75, 3.05) is 12.3 Å². The van der Waals surface area contributed by atoms with Crippen LogP contribution < -0.4 is 26.6 Å². The number of amidine groups is 1. The van der Waals surface area contributed by atoms with Crippen molar-refractivity contribution in [1.82, 2.24) is 15.0 Å². The number of aliphatic hydroxyl groups is 1. The number of amides is 1. The molecule has 0 aromatic heterocycles. The van der Waals surface area contributed by atoms with E-state index in [-0.39, 0.29) is 35.5 Å². The highest BCUT2D eigenvalue weighted by molar-refractivity contribution is 8.25. The molecule has 36 heavy (non-hydrogen) atoms. The first-order valence-electron chi connectivity index (χ1n) is 11.6. The molecule has 0 bridgehead atoms. The van der Waals surface area contributed by atoms with Crippen LogP contribution in [0.15, 0.2) is 5.10 Å². The van der Waals surface area contributed by atoms with Crippen LogP contribution >= 0.6 is 28.7 Å². The average molecular weight is 603 g/mol. The summed E-state index contributed by atoms with van der Waals surface area (Å²) in [6.07, 6.45) is 1.39. The second kappa shape index (κ2) is 15.9. The lowest BCUT2D eigenvalue weighted by Crippen LogP contribution is -2.49. The Kier molecular flexibility index (Phi) is 15.7. The highest BCUT2D eigenvalue weighted by atomic mass is 32.5. The number of hydrogen-bond donors (Lipinski definition) is 7. The first-order valence-corrected chi connectivity index (χ1v) is 17.1. The first kappa shape index (κ1) is 35.6. The molecule has 0 rings (SSSR count). The zero-order chi connectivity index (χ0) is 28.3. The number of aliphatic hydroxyl groups excluding tert-OH is 1. The standard InChI is InChI=1S/C21H44N6O4P2S3/c1-7-20(5,16(29)24-11-14(2)28)13-21(6,18(31)35(32)26-23)12-19(3,4)17(30)36(33)27-25-15(22)9-8-10-34/h14,26-28,32-34H,7-13,23H2,1-6H3,(H2,22,25)(H,24,29). The lowest BCUT2D eigenvalue weighted by Gasteiger charge is -2.41. The molecule has 5 atom stereocenters. The molecule has 15 heteroatoms. The molecule has 0 aliphatic heterocycles. The van der Waals surface area contributed by atoms with Gasteiger partial charge in [-0.05, 0) is 48.6 Å². The minimum Gasteiger partial charge on any atom is -0.392 e. The van der Waals surface area contributed by atoms with Crippen LogP contribution in [0.5, 0.6) is 0 Å². The van der Waals surface area contributed by atoms with Crippen molar-refractivity contribution < 1.29 is 19.5 Å². The van der Waals surface area contributed by atoms with Gasteiger partial charge < -0.3 is 16.2 Å². The third-order valence-corrected chi connectivity index (χ3v) is 10.3. The Hall–Kier alpha value is -0.390. The zero-order valence-corrected chi connectivity index (χ0v) is 26.6. The number of rotatable bonds is 16. The van der Waals surface area contributed by atoms with Crippen LogP contribution in [0.4, 0.5) is 0 Å². The number of nitrogens with two attached hydrogens (primary N) is 2. The molecular formula is C21H44N6O4P2S3. The molecule has 0 aromatic rings.